The molecule has 14 heavy (non-hydrogen) atoms. The van der Waals surface area contributed by atoms with Gasteiger partial charge in [0.15, 0.2) is 11.5 Å². The van der Waals surface area contributed by atoms with Crippen molar-refractivity contribution < 1.29 is 15.3 Å². The van der Waals surface area contributed by atoms with E-state index >= 15 is 0 Å². The highest BCUT2D eigenvalue weighted by molar-refractivity contribution is 5.42. The topological polar surface area (TPSA) is 72.7 Å². The molecular weight excluding hydrogens is 182 g/mol. The van der Waals surface area contributed by atoms with Crippen LogP contribution in [-0.4, -0.2) is 28.4 Å². The quantitative estimate of drug-likeness (QED) is 0.486. The summed E-state index contributed by atoms with van der Waals surface area (Å²) in [5.41, 5.74) is -0.275. The number of nitrogens with one attached hydrogen (secondary N) is 1. The van der Waals surface area contributed by atoms with Crippen LogP contribution in [0.3, 0.4) is 0 Å². The van der Waals surface area contributed by atoms with Crippen molar-refractivity contribution in [3.63, 3.8) is 0 Å². The third kappa shape index (κ3) is 1.42. The molecule has 0 aliphatic carbocycles. The molecule has 2 rings (SSSR count). The van der Waals surface area contributed by atoms with Crippen molar-refractivity contribution in [1.82, 2.24) is 5.32 Å². The van der Waals surface area contributed by atoms with Gasteiger partial charge in [-0.15, -0.1) is 0 Å². The van der Waals surface area contributed by atoms with E-state index < -0.39 is 5.60 Å². The van der Waals surface area contributed by atoms with Gasteiger partial charge >= 0.3 is 0 Å². The normalized spacial score (nSPS) is 26.6. The molecule has 4 nitrogen and oxygen atoms in total. The van der Waals surface area contributed by atoms with Crippen LogP contribution in [0.2, 0.25) is 0 Å². The van der Waals surface area contributed by atoms with E-state index in [0.29, 0.717) is 18.5 Å². The molecule has 0 bridgehead atoms. The largest absolute Gasteiger partial charge is 0.504 e. The van der Waals surface area contributed by atoms with Gasteiger partial charge in [0.05, 0.1) is 0 Å². The second-order valence-corrected chi connectivity index (χ2v) is 3.66. The summed E-state index contributed by atoms with van der Waals surface area (Å²) in [4.78, 5) is 0. The summed E-state index contributed by atoms with van der Waals surface area (Å²) in [7, 11) is 0. The lowest BCUT2D eigenvalue weighted by molar-refractivity contribution is 0.0584. The summed E-state index contributed by atoms with van der Waals surface area (Å²) < 4.78 is 0. The van der Waals surface area contributed by atoms with Crippen LogP contribution < -0.4 is 5.32 Å². The fourth-order valence-electron chi connectivity index (χ4n) is 1.74. The van der Waals surface area contributed by atoms with E-state index in [2.05, 4.69) is 5.32 Å². The zero-order chi connectivity index (χ0) is 10.2. The Bertz CT molecular complexity index is 345. The summed E-state index contributed by atoms with van der Waals surface area (Å²) in [6.07, 6.45) is 0.622. The van der Waals surface area contributed by atoms with Gasteiger partial charge < -0.3 is 20.6 Å². The first kappa shape index (κ1) is 9.30. The Balaban J connectivity index is 2.36. The third-order valence-electron chi connectivity index (χ3n) is 2.65. The van der Waals surface area contributed by atoms with Gasteiger partial charge in [0.2, 0.25) is 0 Å². The Morgan fingerprint density at radius 2 is 2.00 bits per heavy atom. The minimum absolute atomic E-state index is 0.164. The van der Waals surface area contributed by atoms with Crippen LogP contribution in [0.4, 0.5) is 0 Å². The van der Waals surface area contributed by atoms with E-state index in [9.17, 15) is 10.2 Å². The number of β-amino-alcohol motifs (C(OH)–C–C–N with tert-alkyl or cyclic N) is 1. The molecule has 1 aromatic carbocycles. The highest BCUT2D eigenvalue weighted by Gasteiger charge is 2.33. The fourth-order valence-corrected chi connectivity index (χ4v) is 1.74. The summed E-state index contributed by atoms with van der Waals surface area (Å²) in [6, 6.07) is 4.42. The molecule has 0 radical (unpaired) electrons. The summed E-state index contributed by atoms with van der Waals surface area (Å²) in [5, 5.41) is 31.6. The van der Waals surface area contributed by atoms with Crippen LogP contribution in [-0.2, 0) is 5.60 Å². The van der Waals surface area contributed by atoms with E-state index in [0.717, 1.165) is 6.54 Å². The summed E-state index contributed by atoms with van der Waals surface area (Å²) in [6.45, 7) is 1.25. The highest BCUT2D eigenvalue weighted by atomic mass is 16.3. The first-order valence-electron chi connectivity index (χ1n) is 4.57. The van der Waals surface area contributed by atoms with Crippen molar-refractivity contribution in [3.05, 3.63) is 23.8 Å². The predicted octanol–water partition coefficient (Wildman–Crippen LogP) is 0.279. The lowest BCUT2D eigenvalue weighted by Gasteiger charge is -2.21. The Hall–Kier alpha value is -1.26. The van der Waals surface area contributed by atoms with Crippen molar-refractivity contribution in [1.29, 1.82) is 0 Å². The number of rotatable bonds is 1. The number of benzene rings is 1. The zero-order valence-electron chi connectivity index (χ0n) is 7.70. The van der Waals surface area contributed by atoms with Gasteiger partial charge in [-0.3, -0.25) is 0 Å². The van der Waals surface area contributed by atoms with Crippen LogP contribution in [0.5, 0.6) is 11.5 Å². The number of aliphatic hydroxyl groups is 1. The molecule has 0 saturated carbocycles. The van der Waals surface area contributed by atoms with Gasteiger partial charge in [0.25, 0.3) is 0 Å². The summed E-state index contributed by atoms with van der Waals surface area (Å²) >= 11 is 0. The molecule has 1 aromatic rings. The number of hydrogen-bond donors (Lipinski definition) is 4. The lowest BCUT2D eigenvalue weighted by atomic mass is 9.93. The monoisotopic (exact) mass is 195 g/mol. The zero-order valence-corrected chi connectivity index (χ0v) is 7.70. The molecule has 0 spiro atoms. The van der Waals surface area contributed by atoms with Crippen molar-refractivity contribution in [3.8, 4) is 11.5 Å². The molecule has 76 valence electrons. The van der Waals surface area contributed by atoms with Gasteiger partial charge in [0, 0.05) is 6.54 Å². The molecule has 1 saturated heterocycles. The lowest BCUT2D eigenvalue weighted by Crippen LogP contribution is -2.28. The molecular formula is C10H13NO3. The first-order valence-corrected chi connectivity index (χ1v) is 4.57. The average molecular weight is 195 g/mol. The smallest absolute Gasteiger partial charge is 0.157 e. The number of hydrogen-bond acceptors (Lipinski definition) is 4. The van der Waals surface area contributed by atoms with Gasteiger partial charge in [-0.2, -0.15) is 0 Å². The van der Waals surface area contributed by atoms with Crippen molar-refractivity contribution in [2.75, 3.05) is 13.1 Å². The third-order valence-corrected chi connectivity index (χ3v) is 2.65. The second kappa shape index (κ2) is 3.15. The maximum absolute atomic E-state index is 10.1. The molecule has 0 aromatic heterocycles. The predicted molar refractivity (Wildman–Crippen MR) is 51.2 cm³/mol. The van der Waals surface area contributed by atoms with Gasteiger partial charge in [-0.1, -0.05) is 6.07 Å². The fraction of sp³-hybridized carbons (Fsp3) is 0.400. The van der Waals surface area contributed by atoms with Crippen LogP contribution >= 0.6 is 0 Å². The number of phenolic OH excluding ortho intramolecular Hbond substituents is 2. The molecule has 0 amide bonds. The van der Waals surface area contributed by atoms with E-state index in [-0.39, 0.29) is 11.5 Å². The Labute approximate surface area is 81.8 Å². The molecule has 1 heterocycles. The average Bonchev–Trinajstić information content (AvgIpc) is 2.58. The van der Waals surface area contributed by atoms with Crippen LogP contribution in [0, 0.1) is 0 Å². The SMILES string of the molecule is Oc1ccc(C2(O)CCNC2)cc1O. The minimum atomic E-state index is -0.912. The second-order valence-electron chi connectivity index (χ2n) is 3.66. The van der Waals surface area contributed by atoms with Crippen molar-refractivity contribution in [2.45, 2.75) is 12.0 Å². The minimum Gasteiger partial charge on any atom is -0.504 e. The van der Waals surface area contributed by atoms with Gasteiger partial charge in [-0.25, -0.2) is 0 Å². The van der Waals surface area contributed by atoms with Gasteiger partial charge in [0.1, 0.15) is 5.60 Å². The van der Waals surface area contributed by atoms with E-state index in [1.165, 1.54) is 12.1 Å². The number of phenols is 2. The Morgan fingerprint density at radius 1 is 1.21 bits per heavy atom. The molecule has 1 aliphatic rings. The maximum atomic E-state index is 10.1. The van der Waals surface area contributed by atoms with Crippen molar-refractivity contribution in [2.24, 2.45) is 0 Å². The molecule has 1 fully saturated rings. The van der Waals surface area contributed by atoms with E-state index in [1.807, 2.05) is 0 Å². The Morgan fingerprint density at radius 3 is 2.57 bits per heavy atom. The first-order chi connectivity index (χ1) is 6.62. The van der Waals surface area contributed by atoms with Crippen molar-refractivity contribution >= 4 is 0 Å². The van der Waals surface area contributed by atoms with Crippen LogP contribution in [0.1, 0.15) is 12.0 Å². The summed E-state index contributed by atoms with van der Waals surface area (Å²) in [5.74, 6) is -0.355. The van der Waals surface area contributed by atoms with E-state index in [1.54, 1.807) is 6.07 Å². The number of aromatic hydroxyl groups is 2. The molecule has 4 heteroatoms. The standard InChI is InChI=1S/C10H13NO3/c12-8-2-1-7(5-9(8)13)10(14)3-4-11-6-10/h1-2,5,11-14H,3-4,6H2. The molecule has 1 unspecified atom stereocenters. The van der Waals surface area contributed by atoms with Crippen LogP contribution in [0.15, 0.2) is 18.2 Å². The molecule has 1 atom stereocenters. The molecule has 4 N–H and O–H groups in total. The van der Waals surface area contributed by atoms with Gasteiger partial charge in [-0.05, 0) is 30.7 Å². The Kier molecular flexibility index (Phi) is 2.09. The van der Waals surface area contributed by atoms with E-state index in [4.69, 9.17) is 5.11 Å². The molecule has 1 aliphatic heterocycles. The maximum Gasteiger partial charge on any atom is 0.157 e. The van der Waals surface area contributed by atoms with Crippen LogP contribution in [0.25, 0.3) is 0 Å². The highest BCUT2D eigenvalue weighted by Crippen LogP contribution is 2.33.